The van der Waals surface area contributed by atoms with Crippen molar-refractivity contribution in [2.75, 3.05) is 0 Å². The van der Waals surface area contributed by atoms with Crippen LogP contribution in [0.2, 0.25) is 5.02 Å². The highest BCUT2D eigenvalue weighted by Gasteiger charge is 2.24. The highest BCUT2D eigenvalue weighted by atomic mass is 35.5. The van der Waals surface area contributed by atoms with E-state index in [-0.39, 0.29) is 11.5 Å². The van der Waals surface area contributed by atoms with Crippen molar-refractivity contribution >= 4 is 11.6 Å². The maximum absolute atomic E-state index is 12.0. The zero-order valence-corrected chi connectivity index (χ0v) is 10.4. The third-order valence-electron chi connectivity index (χ3n) is 3.13. The van der Waals surface area contributed by atoms with E-state index < -0.39 is 0 Å². The molecule has 0 aromatic rings. The first kappa shape index (κ1) is 11.3. The number of fused-ring (bicyclic) bond motifs is 1. The third-order valence-corrected chi connectivity index (χ3v) is 3.43. The molecule has 18 heavy (non-hydrogen) atoms. The van der Waals surface area contributed by atoms with E-state index >= 15 is 0 Å². The van der Waals surface area contributed by atoms with E-state index in [4.69, 9.17) is 16.0 Å². The van der Waals surface area contributed by atoms with Crippen LogP contribution in [0.4, 0.5) is 0 Å². The molecule has 0 spiro atoms. The zero-order chi connectivity index (χ0) is 12.5. The van der Waals surface area contributed by atoms with Crippen LogP contribution in [-0.4, -0.2) is 0 Å². The maximum Gasteiger partial charge on any atom is 0.340 e. The summed E-state index contributed by atoms with van der Waals surface area (Å²) in [5.74, 6) is 0.548. The molecule has 2 aliphatic carbocycles. The molecule has 2 nitrogen and oxygen atoms in total. The Hall–Kier alpha value is -1.80. The molecule has 0 fully saturated rings. The molecule has 3 heteroatoms. The summed E-state index contributed by atoms with van der Waals surface area (Å²) in [6, 6.07) is 7.32. The van der Waals surface area contributed by atoms with Gasteiger partial charge in [-0.3, -0.25) is 0 Å². The second-order valence-electron chi connectivity index (χ2n) is 4.27. The molecule has 0 radical (unpaired) electrons. The molecule has 0 saturated heterocycles. The van der Waals surface area contributed by atoms with Crippen LogP contribution in [0.25, 0.3) is 11.3 Å². The predicted molar refractivity (Wildman–Crippen MR) is 72.2 cm³/mol. The van der Waals surface area contributed by atoms with Gasteiger partial charge in [0.15, 0.2) is 5.76 Å². The van der Waals surface area contributed by atoms with Gasteiger partial charge in [0, 0.05) is 11.5 Å². The first-order valence-corrected chi connectivity index (χ1v) is 6.20. The Morgan fingerprint density at radius 2 is 2.06 bits per heavy atom. The summed E-state index contributed by atoms with van der Waals surface area (Å²) in [6.45, 7) is 0. The summed E-state index contributed by atoms with van der Waals surface area (Å²) in [5.41, 5.74) is 1.21. The molecule has 90 valence electrons. The average Bonchev–Trinajstić information content (AvgIpc) is 2.62. The molecule has 0 saturated carbocycles. The summed E-state index contributed by atoms with van der Waals surface area (Å²) in [6.07, 6.45) is 8.82. The molecule has 0 aromatic carbocycles. The molecule has 1 atom stereocenters. The van der Waals surface area contributed by atoms with Crippen LogP contribution >= 0.6 is 11.6 Å². The summed E-state index contributed by atoms with van der Waals surface area (Å²) in [7, 11) is 0. The molecular weight excluding hydrogens is 248 g/mol. The standard InChI is InChI=1S/C15H11ClO2/c16-12-9-5-4-8-11-13(15(17)18-14(11)12)10-6-2-1-3-7-10/h1-6,8-10H,7H2. The summed E-state index contributed by atoms with van der Waals surface area (Å²) in [4.78, 5) is 12.0. The molecule has 0 aromatic heterocycles. The predicted octanol–water partition coefficient (Wildman–Crippen LogP) is 4.00. The monoisotopic (exact) mass is 258 g/mol. The lowest BCUT2D eigenvalue weighted by Crippen LogP contribution is -2.07. The second kappa shape index (κ2) is 4.46. The van der Waals surface area contributed by atoms with Crippen LogP contribution in [0.5, 0.6) is 0 Å². The molecule has 1 aliphatic heterocycles. The number of furan rings is 1. The molecule has 1 unspecified atom stereocenters. The van der Waals surface area contributed by atoms with Crippen LogP contribution in [0.15, 0.2) is 57.8 Å². The van der Waals surface area contributed by atoms with Crippen molar-refractivity contribution in [3.63, 3.8) is 0 Å². The topological polar surface area (TPSA) is 30.2 Å². The molecule has 0 N–H and O–H groups in total. The van der Waals surface area contributed by atoms with Crippen molar-refractivity contribution in [3.8, 4) is 11.3 Å². The average molecular weight is 259 g/mol. The Labute approximate surface area is 110 Å². The Balaban J connectivity index is 2.22. The first-order chi connectivity index (χ1) is 8.77. The van der Waals surface area contributed by atoms with Gasteiger partial charge in [-0.25, -0.2) is 4.79 Å². The van der Waals surface area contributed by atoms with E-state index in [1.54, 1.807) is 6.07 Å². The Morgan fingerprint density at radius 3 is 2.83 bits per heavy atom. The summed E-state index contributed by atoms with van der Waals surface area (Å²) < 4.78 is 5.30. The van der Waals surface area contributed by atoms with Gasteiger partial charge < -0.3 is 4.42 Å². The van der Waals surface area contributed by atoms with Crippen LogP contribution in [-0.2, 0) is 0 Å². The lowest BCUT2D eigenvalue weighted by Gasteiger charge is -2.10. The van der Waals surface area contributed by atoms with Crippen molar-refractivity contribution in [2.24, 2.45) is 0 Å². The largest absolute Gasteiger partial charge is 0.421 e. The number of hydrogen-bond donors (Lipinski definition) is 0. The quantitative estimate of drug-likeness (QED) is 0.774. The van der Waals surface area contributed by atoms with Crippen molar-refractivity contribution in [1.82, 2.24) is 0 Å². The van der Waals surface area contributed by atoms with Crippen molar-refractivity contribution in [1.29, 1.82) is 0 Å². The van der Waals surface area contributed by atoms with E-state index in [1.807, 2.05) is 42.5 Å². The fourth-order valence-electron chi connectivity index (χ4n) is 2.29. The molecule has 3 aliphatic rings. The number of hydrogen-bond acceptors (Lipinski definition) is 2. The van der Waals surface area contributed by atoms with Crippen LogP contribution in [0.1, 0.15) is 17.9 Å². The van der Waals surface area contributed by atoms with E-state index in [0.717, 1.165) is 12.0 Å². The van der Waals surface area contributed by atoms with Crippen LogP contribution in [0, 0.1) is 0 Å². The highest BCUT2D eigenvalue weighted by molar-refractivity contribution is 6.32. The summed E-state index contributed by atoms with van der Waals surface area (Å²) in [5, 5.41) is 0.466. The van der Waals surface area contributed by atoms with Gasteiger partial charge in [-0.2, -0.15) is 0 Å². The minimum atomic E-state index is -0.289. The fraction of sp³-hybridized carbons (Fsp3) is 0.133. The van der Waals surface area contributed by atoms with E-state index in [0.29, 0.717) is 16.3 Å². The molecule has 1 heterocycles. The van der Waals surface area contributed by atoms with Gasteiger partial charge in [0.25, 0.3) is 0 Å². The minimum Gasteiger partial charge on any atom is -0.421 e. The third kappa shape index (κ3) is 1.79. The van der Waals surface area contributed by atoms with Gasteiger partial charge in [-0.15, -0.1) is 0 Å². The lowest BCUT2D eigenvalue weighted by molar-refractivity contribution is 0.538. The van der Waals surface area contributed by atoms with Gasteiger partial charge in [0.05, 0.1) is 10.6 Å². The highest BCUT2D eigenvalue weighted by Crippen LogP contribution is 2.36. The van der Waals surface area contributed by atoms with Crippen molar-refractivity contribution in [3.05, 3.63) is 69.6 Å². The molecule has 0 amide bonds. The fourth-order valence-corrected chi connectivity index (χ4v) is 2.50. The smallest absolute Gasteiger partial charge is 0.340 e. The van der Waals surface area contributed by atoms with Crippen LogP contribution in [0.3, 0.4) is 0 Å². The SMILES string of the molecule is O=c1oc2c(Cl)ccccc-2c1C1C=CC=CC1. The maximum atomic E-state index is 12.0. The molecule has 3 rings (SSSR count). The van der Waals surface area contributed by atoms with Gasteiger partial charge in [0.1, 0.15) is 0 Å². The molecular formula is C15H11ClO2. The number of halogens is 1. The normalized spacial score (nSPS) is 18.4. The lowest BCUT2D eigenvalue weighted by atomic mass is 9.91. The first-order valence-electron chi connectivity index (χ1n) is 5.82. The minimum absolute atomic E-state index is 0.0715. The zero-order valence-electron chi connectivity index (χ0n) is 9.60. The van der Waals surface area contributed by atoms with E-state index in [2.05, 4.69) is 0 Å². The Bertz CT molecular complexity index is 667. The van der Waals surface area contributed by atoms with Gasteiger partial charge >= 0.3 is 5.63 Å². The molecule has 0 bridgehead atoms. The van der Waals surface area contributed by atoms with Gasteiger partial charge in [0.2, 0.25) is 0 Å². The Kier molecular flexibility index (Phi) is 2.80. The van der Waals surface area contributed by atoms with Gasteiger partial charge in [-0.05, 0) is 12.5 Å². The van der Waals surface area contributed by atoms with Crippen molar-refractivity contribution < 1.29 is 4.42 Å². The van der Waals surface area contributed by atoms with Crippen molar-refractivity contribution in [2.45, 2.75) is 12.3 Å². The summed E-state index contributed by atoms with van der Waals surface area (Å²) >= 11 is 6.10. The number of allylic oxidation sites excluding steroid dienone is 4. The van der Waals surface area contributed by atoms with E-state index in [1.165, 1.54) is 0 Å². The number of rotatable bonds is 1. The van der Waals surface area contributed by atoms with E-state index in [9.17, 15) is 4.79 Å². The van der Waals surface area contributed by atoms with Gasteiger partial charge in [-0.1, -0.05) is 54.1 Å². The van der Waals surface area contributed by atoms with Crippen LogP contribution < -0.4 is 5.63 Å². The Morgan fingerprint density at radius 1 is 1.22 bits per heavy atom. The second-order valence-corrected chi connectivity index (χ2v) is 4.67.